The normalized spacial score (nSPS) is 15.7. The van der Waals surface area contributed by atoms with E-state index in [1.807, 2.05) is 38.4 Å². The van der Waals surface area contributed by atoms with Crippen LogP contribution in [0.5, 0.6) is 11.5 Å². The topological polar surface area (TPSA) is 44.2 Å². The molecule has 4 nitrogen and oxygen atoms in total. The highest BCUT2D eigenvalue weighted by Gasteiger charge is 2.49. The SMILES string of the molecule is CC#CCOc1ccc2cc(C3(c4ccc(Cc5ccc(C6(c7ccc8cc(OCC#CC)ccc8c7)c7cc8ccccc8cc7-c7ncccc76)cc5)cc4)c4cc5ccccc5cc4-c4ncccc43)ccc2c1. The zero-order valence-corrected chi connectivity index (χ0v) is 42.8. The largest absolute Gasteiger partial charge is 0.481 e. The molecule has 0 bridgehead atoms. The van der Waals surface area contributed by atoms with Crippen molar-refractivity contribution in [2.45, 2.75) is 31.1 Å². The maximum absolute atomic E-state index is 5.99. The fourth-order valence-corrected chi connectivity index (χ4v) is 12.7. The molecule has 0 spiro atoms. The molecule has 2 aliphatic carbocycles. The van der Waals surface area contributed by atoms with Crippen LogP contribution in [0.3, 0.4) is 0 Å². The predicted octanol–water partition coefficient (Wildman–Crippen LogP) is 16.2. The van der Waals surface area contributed by atoms with Crippen molar-refractivity contribution < 1.29 is 9.47 Å². The number of ether oxygens (including phenoxy) is 2. The molecule has 0 fully saturated rings. The summed E-state index contributed by atoms with van der Waals surface area (Å²) in [7, 11) is 0. The summed E-state index contributed by atoms with van der Waals surface area (Å²) in [4.78, 5) is 10.2. The molecule has 2 aliphatic rings. The van der Waals surface area contributed by atoms with E-state index in [9.17, 15) is 0 Å². The highest BCUT2D eigenvalue weighted by atomic mass is 16.5. The molecule has 0 aliphatic heterocycles. The van der Waals surface area contributed by atoms with Gasteiger partial charge in [-0.25, -0.2) is 0 Å². The molecule has 0 radical (unpaired) electrons. The molecule has 0 saturated carbocycles. The van der Waals surface area contributed by atoms with E-state index >= 15 is 0 Å². The van der Waals surface area contributed by atoms with E-state index in [-0.39, 0.29) is 0 Å². The Labute approximate surface area is 448 Å². The Bertz CT molecular complexity index is 4190. The second kappa shape index (κ2) is 18.6. The molecule has 4 heteroatoms. The van der Waals surface area contributed by atoms with Gasteiger partial charge in [-0.1, -0.05) is 157 Å². The molecule has 77 heavy (non-hydrogen) atoms. The van der Waals surface area contributed by atoms with Crippen LogP contribution in [0.4, 0.5) is 0 Å². The van der Waals surface area contributed by atoms with Crippen molar-refractivity contribution in [3.05, 3.63) is 286 Å². The lowest BCUT2D eigenvalue weighted by Gasteiger charge is -2.34. The standard InChI is InChI=1S/C73H50N2O2/c1-3-5-37-76-62-33-25-54-40-60(31-23-56(54)42-62)72(66-17-11-35-74-70(66)64-44-50-13-7-9-15-52(50)46-68(64)72)58-27-19-48(20-28-58)39-49-21-29-59(30-22-49)73(61-32-24-57-43-63(77-38-6-4-2)34-26-55(57)41-61)67-18-12-36-75-71(67)65-45-51-14-8-10-16-53(51)47-69(65)73/h7-36,40-47H,37-39H2,1-2H3. The van der Waals surface area contributed by atoms with Gasteiger partial charge in [0.2, 0.25) is 0 Å². The summed E-state index contributed by atoms with van der Waals surface area (Å²) in [6.07, 6.45) is 4.63. The Morgan fingerprint density at radius 1 is 0.351 bits per heavy atom. The van der Waals surface area contributed by atoms with E-state index in [0.29, 0.717) is 13.2 Å². The third kappa shape index (κ3) is 7.40. The summed E-state index contributed by atoms with van der Waals surface area (Å²) in [5, 5.41) is 9.33. The minimum Gasteiger partial charge on any atom is -0.481 e. The molecule has 12 aromatic rings. The number of nitrogens with zero attached hydrogens (tertiary/aromatic N) is 2. The van der Waals surface area contributed by atoms with Crippen LogP contribution in [0.25, 0.3) is 65.6 Å². The van der Waals surface area contributed by atoms with Crippen LogP contribution in [-0.4, -0.2) is 23.2 Å². The first kappa shape index (κ1) is 45.8. The molecule has 10 aromatic carbocycles. The highest BCUT2D eigenvalue weighted by Crippen LogP contribution is 2.58. The number of hydrogen-bond acceptors (Lipinski definition) is 4. The Kier molecular flexibility index (Phi) is 11.1. The average Bonchev–Trinajstić information content (AvgIpc) is 4.17. The van der Waals surface area contributed by atoms with E-state index in [2.05, 4.69) is 230 Å². The van der Waals surface area contributed by atoms with Crippen LogP contribution in [0.2, 0.25) is 0 Å². The van der Waals surface area contributed by atoms with Gasteiger partial charge < -0.3 is 9.47 Å². The third-order valence-electron chi connectivity index (χ3n) is 16.2. The van der Waals surface area contributed by atoms with Crippen LogP contribution < -0.4 is 9.47 Å². The van der Waals surface area contributed by atoms with Gasteiger partial charge in [0.25, 0.3) is 0 Å². The smallest absolute Gasteiger partial charge is 0.149 e. The molecule has 0 amide bonds. The maximum atomic E-state index is 5.99. The highest BCUT2D eigenvalue weighted by molar-refractivity contribution is 5.98. The molecule has 0 N–H and O–H groups in total. The molecule has 2 unspecified atom stereocenters. The molecule has 2 heterocycles. The van der Waals surface area contributed by atoms with Gasteiger partial charge in [0.05, 0.1) is 22.2 Å². The summed E-state index contributed by atoms with van der Waals surface area (Å²) in [6.45, 7) is 4.39. The van der Waals surface area contributed by atoms with Crippen molar-refractivity contribution >= 4 is 43.1 Å². The van der Waals surface area contributed by atoms with E-state index < -0.39 is 10.8 Å². The van der Waals surface area contributed by atoms with Crippen molar-refractivity contribution in [1.29, 1.82) is 0 Å². The van der Waals surface area contributed by atoms with E-state index in [1.54, 1.807) is 0 Å². The van der Waals surface area contributed by atoms with Gasteiger partial charge in [0, 0.05) is 23.5 Å². The zero-order valence-electron chi connectivity index (χ0n) is 42.8. The Morgan fingerprint density at radius 2 is 0.727 bits per heavy atom. The number of hydrogen-bond donors (Lipinski definition) is 0. The maximum Gasteiger partial charge on any atom is 0.149 e. The first-order valence-corrected chi connectivity index (χ1v) is 26.3. The van der Waals surface area contributed by atoms with Crippen LogP contribution in [0.15, 0.2) is 231 Å². The fourth-order valence-electron chi connectivity index (χ4n) is 12.7. The van der Waals surface area contributed by atoms with E-state index in [4.69, 9.17) is 19.4 Å². The van der Waals surface area contributed by atoms with Gasteiger partial charge in [0.15, 0.2) is 0 Å². The van der Waals surface area contributed by atoms with Crippen molar-refractivity contribution in [1.82, 2.24) is 9.97 Å². The monoisotopic (exact) mass is 986 g/mol. The van der Waals surface area contributed by atoms with Crippen molar-refractivity contribution in [3.63, 3.8) is 0 Å². The van der Waals surface area contributed by atoms with Gasteiger partial charge in [-0.15, -0.1) is 11.8 Å². The van der Waals surface area contributed by atoms with Gasteiger partial charge in [-0.05, 0) is 192 Å². The molecule has 2 aromatic heterocycles. The third-order valence-corrected chi connectivity index (χ3v) is 16.2. The van der Waals surface area contributed by atoms with Crippen molar-refractivity contribution in [2.24, 2.45) is 0 Å². The molecule has 364 valence electrons. The number of benzene rings is 10. The van der Waals surface area contributed by atoms with Gasteiger partial charge >= 0.3 is 0 Å². The predicted molar refractivity (Wildman–Crippen MR) is 314 cm³/mol. The molecule has 2 atom stereocenters. The van der Waals surface area contributed by atoms with Crippen LogP contribution in [-0.2, 0) is 17.3 Å². The van der Waals surface area contributed by atoms with Crippen LogP contribution >= 0.6 is 0 Å². The number of fused-ring (bicyclic) bond motifs is 10. The summed E-state index contributed by atoms with van der Waals surface area (Å²) in [5.41, 5.74) is 15.2. The summed E-state index contributed by atoms with van der Waals surface area (Å²) < 4.78 is 12.0. The Morgan fingerprint density at radius 3 is 1.16 bits per heavy atom. The molecule has 14 rings (SSSR count). The summed E-state index contributed by atoms with van der Waals surface area (Å²) in [5.74, 6) is 13.5. The Hall–Kier alpha value is -9.74. The van der Waals surface area contributed by atoms with Crippen LogP contribution in [0.1, 0.15) is 69.5 Å². The van der Waals surface area contributed by atoms with Gasteiger partial charge in [-0.3, -0.25) is 9.97 Å². The van der Waals surface area contributed by atoms with E-state index in [1.165, 1.54) is 88.3 Å². The zero-order chi connectivity index (χ0) is 51.5. The molecular weight excluding hydrogens is 937 g/mol. The minimum atomic E-state index is -0.631. The fraction of sp³-hybridized carbons (Fsp3) is 0.0959. The number of pyridine rings is 2. The molecular formula is C73H50N2O2. The number of aromatic nitrogens is 2. The van der Waals surface area contributed by atoms with E-state index in [0.717, 1.165) is 50.9 Å². The lowest BCUT2D eigenvalue weighted by molar-refractivity contribution is 0.370. The minimum absolute atomic E-state index is 0.361. The van der Waals surface area contributed by atoms with Crippen molar-refractivity contribution in [3.8, 4) is 57.7 Å². The average molecular weight is 987 g/mol. The van der Waals surface area contributed by atoms with Gasteiger partial charge in [-0.2, -0.15) is 0 Å². The lowest BCUT2D eigenvalue weighted by Crippen LogP contribution is -2.28. The lowest BCUT2D eigenvalue weighted by atomic mass is 9.67. The first-order chi connectivity index (χ1) is 38.0. The summed E-state index contributed by atoms with van der Waals surface area (Å²) in [6, 6.07) is 80.7. The quantitative estimate of drug-likeness (QED) is 0.128. The van der Waals surface area contributed by atoms with Gasteiger partial charge in [0.1, 0.15) is 24.7 Å². The number of rotatable bonds is 10. The second-order valence-corrected chi connectivity index (χ2v) is 20.2. The molecule has 0 saturated heterocycles. The van der Waals surface area contributed by atoms with Crippen LogP contribution in [0, 0.1) is 23.7 Å². The van der Waals surface area contributed by atoms with Crippen molar-refractivity contribution in [2.75, 3.05) is 13.2 Å². The summed E-state index contributed by atoms with van der Waals surface area (Å²) >= 11 is 0. The Balaban J connectivity index is 0.868. The first-order valence-electron chi connectivity index (χ1n) is 26.3. The second-order valence-electron chi connectivity index (χ2n) is 20.2.